The van der Waals surface area contributed by atoms with E-state index in [0.29, 0.717) is 41.2 Å². The van der Waals surface area contributed by atoms with Crippen LogP contribution in [0.25, 0.3) is 11.1 Å². The zero-order valence-electron chi connectivity index (χ0n) is 20.8. The molecule has 0 saturated heterocycles. The van der Waals surface area contributed by atoms with E-state index in [0.717, 1.165) is 0 Å². The van der Waals surface area contributed by atoms with Crippen molar-refractivity contribution < 1.29 is 16.7 Å². The van der Waals surface area contributed by atoms with E-state index < -0.39 is 13.2 Å². The largest absolute Gasteiger partial charge is 0.508 e. The van der Waals surface area contributed by atoms with Gasteiger partial charge < -0.3 is 15.2 Å². The summed E-state index contributed by atoms with van der Waals surface area (Å²) < 4.78 is 46.9. The van der Waals surface area contributed by atoms with E-state index in [1.807, 2.05) is 7.05 Å². The molecule has 0 radical (unpaired) electrons. The molecule has 0 saturated carbocycles. The van der Waals surface area contributed by atoms with Crippen molar-refractivity contribution in [2.45, 2.75) is 13.2 Å². The summed E-state index contributed by atoms with van der Waals surface area (Å²) in [6.07, 6.45) is -2.65. The van der Waals surface area contributed by atoms with Crippen LogP contribution in [-0.2, 0) is 0 Å². The Morgan fingerprint density at radius 3 is 2.18 bits per heavy atom. The third-order valence-electron chi connectivity index (χ3n) is 4.36. The molecule has 3 aromatic rings. The fraction of sp³-hybridized carbons (Fsp3) is 0.200. The third-order valence-corrected chi connectivity index (χ3v) is 4.36. The first-order chi connectivity index (χ1) is 15.6. The molecule has 0 aromatic heterocycles. The van der Waals surface area contributed by atoms with Gasteiger partial charge in [0.15, 0.2) is 0 Å². The summed E-state index contributed by atoms with van der Waals surface area (Å²) >= 11 is 0. The van der Waals surface area contributed by atoms with Crippen LogP contribution in [0.5, 0.6) is 11.5 Å². The van der Waals surface area contributed by atoms with Gasteiger partial charge in [-0.2, -0.15) is 0 Å². The summed E-state index contributed by atoms with van der Waals surface area (Å²) in [6, 6.07) is 22.1. The Hall–Kier alpha value is -3.04. The molecule has 0 spiro atoms. The Bertz CT molecular complexity index is 1080. The van der Waals surface area contributed by atoms with Gasteiger partial charge in [-0.25, -0.2) is 0 Å². The SMILES string of the molecule is [2H]C([2H])([2H])C([2H])([2H])/C(=C(\c1ccc(O)cc1)c1ccc(OCCNC)cc1)c1ccccc1. The number of ether oxygens (including phenoxy) is 1. The molecule has 3 heteroatoms. The van der Waals surface area contributed by atoms with Crippen LogP contribution in [0.3, 0.4) is 0 Å². The minimum Gasteiger partial charge on any atom is -0.508 e. The maximum absolute atomic E-state index is 9.79. The van der Waals surface area contributed by atoms with Gasteiger partial charge in [0, 0.05) is 13.4 Å². The predicted octanol–water partition coefficient (Wildman–Crippen LogP) is 5.36. The lowest BCUT2D eigenvalue weighted by atomic mass is 9.88. The van der Waals surface area contributed by atoms with E-state index in [-0.39, 0.29) is 11.3 Å². The molecule has 3 rings (SSSR count). The van der Waals surface area contributed by atoms with Crippen molar-refractivity contribution in [3.63, 3.8) is 0 Å². The topological polar surface area (TPSA) is 41.5 Å². The number of phenols is 1. The fourth-order valence-electron chi connectivity index (χ4n) is 2.96. The second-order valence-corrected chi connectivity index (χ2v) is 6.26. The highest BCUT2D eigenvalue weighted by Gasteiger charge is 2.13. The Labute approximate surface area is 174 Å². The summed E-state index contributed by atoms with van der Waals surface area (Å²) in [4.78, 5) is 0. The van der Waals surface area contributed by atoms with Crippen LogP contribution in [0.15, 0.2) is 78.9 Å². The maximum Gasteiger partial charge on any atom is 0.119 e. The Kier molecular flexibility index (Phi) is 4.89. The highest BCUT2D eigenvalue weighted by Crippen LogP contribution is 2.35. The Balaban J connectivity index is 2.28. The molecule has 0 fully saturated rings. The van der Waals surface area contributed by atoms with E-state index in [2.05, 4.69) is 5.32 Å². The molecule has 0 aliphatic carbocycles. The molecule has 28 heavy (non-hydrogen) atoms. The van der Waals surface area contributed by atoms with Gasteiger partial charge in [-0.3, -0.25) is 0 Å². The smallest absolute Gasteiger partial charge is 0.119 e. The summed E-state index contributed by atoms with van der Waals surface area (Å²) in [5, 5.41) is 12.8. The summed E-state index contributed by atoms with van der Waals surface area (Å²) in [5.41, 5.74) is 2.18. The zero-order valence-corrected chi connectivity index (χ0v) is 15.8. The van der Waals surface area contributed by atoms with Crippen molar-refractivity contribution in [2.75, 3.05) is 20.2 Å². The second-order valence-electron chi connectivity index (χ2n) is 6.26. The summed E-state index contributed by atoms with van der Waals surface area (Å²) in [7, 11) is 1.84. The number of nitrogens with one attached hydrogen (secondary N) is 1. The highest BCUT2D eigenvalue weighted by molar-refractivity contribution is 5.98. The van der Waals surface area contributed by atoms with Crippen molar-refractivity contribution in [1.82, 2.24) is 5.32 Å². The number of rotatable bonds is 8. The first kappa shape index (κ1) is 14.0. The van der Waals surface area contributed by atoms with Crippen molar-refractivity contribution in [3.8, 4) is 11.5 Å². The average Bonchev–Trinajstić information content (AvgIpc) is 2.79. The molecule has 3 nitrogen and oxygen atoms in total. The van der Waals surface area contributed by atoms with Gasteiger partial charge in [0.1, 0.15) is 18.1 Å². The predicted molar refractivity (Wildman–Crippen MR) is 117 cm³/mol. The molecule has 0 aliphatic heterocycles. The zero-order chi connectivity index (χ0) is 24.1. The molecule has 0 heterocycles. The van der Waals surface area contributed by atoms with Gasteiger partial charge in [0.2, 0.25) is 0 Å². The maximum atomic E-state index is 9.79. The van der Waals surface area contributed by atoms with Crippen LogP contribution in [0, 0.1) is 0 Å². The standard InChI is InChI=1S/C25H27NO2/c1-3-24(19-7-5-4-6-8-19)25(20-9-13-22(27)14-10-20)21-11-15-23(16-12-21)28-18-17-26-2/h4-16,26-27H,3,17-18H2,1-2H3/b25-24-/i1D3,3D2. The van der Waals surface area contributed by atoms with E-state index in [1.165, 1.54) is 12.1 Å². The molecular weight excluding hydrogens is 346 g/mol. The van der Waals surface area contributed by atoms with Crippen LogP contribution >= 0.6 is 0 Å². The van der Waals surface area contributed by atoms with Gasteiger partial charge in [-0.15, -0.1) is 0 Å². The molecule has 144 valence electrons. The fourth-order valence-corrected chi connectivity index (χ4v) is 2.96. The minimum atomic E-state index is -2.91. The van der Waals surface area contributed by atoms with Gasteiger partial charge in [0.25, 0.3) is 0 Å². The molecular formula is C25H27NO2. The van der Waals surface area contributed by atoms with Crippen molar-refractivity contribution >= 4 is 11.1 Å². The lowest BCUT2D eigenvalue weighted by molar-refractivity contribution is 0.318. The monoisotopic (exact) mass is 378 g/mol. The Morgan fingerprint density at radius 2 is 1.57 bits per heavy atom. The van der Waals surface area contributed by atoms with E-state index in [9.17, 15) is 5.11 Å². The quantitative estimate of drug-likeness (QED) is 0.409. The van der Waals surface area contributed by atoms with E-state index in [1.54, 1.807) is 66.7 Å². The summed E-state index contributed by atoms with van der Waals surface area (Å²) in [6.45, 7) is -1.72. The number of benzene rings is 3. The molecule has 3 aromatic carbocycles. The second kappa shape index (κ2) is 9.77. The molecule has 0 bridgehead atoms. The normalized spacial score (nSPS) is 15.4. The van der Waals surface area contributed by atoms with E-state index >= 15 is 0 Å². The van der Waals surface area contributed by atoms with Crippen LogP contribution < -0.4 is 10.1 Å². The number of allylic oxidation sites excluding steroid dienone is 1. The molecule has 0 unspecified atom stereocenters. The first-order valence-electron chi connectivity index (χ1n) is 11.6. The number of phenolic OH excluding ortho intramolecular Hbond substituents is 1. The minimum absolute atomic E-state index is 0.0534. The van der Waals surface area contributed by atoms with Crippen LogP contribution in [0.1, 0.15) is 36.8 Å². The Morgan fingerprint density at radius 1 is 0.929 bits per heavy atom. The van der Waals surface area contributed by atoms with E-state index in [4.69, 9.17) is 11.6 Å². The van der Waals surface area contributed by atoms with Gasteiger partial charge in [0.05, 0.1) is 0 Å². The highest BCUT2D eigenvalue weighted by atomic mass is 16.5. The number of likely N-dealkylation sites (N-methyl/N-ethyl adjacent to an activating group) is 1. The molecule has 0 aliphatic rings. The molecule has 0 atom stereocenters. The third kappa shape index (κ3) is 4.81. The van der Waals surface area contributed by atoms with Crippen LogP contribution in [0.4, 0.5) is 0 Å². The lowest BCUT2D eigenvalue weighted by Gasteiger charge is -2.17. The van der Waals surface area contributed by atoms with Crippen LogP contribution in [-0.4, -0.2) is 25.3 Å². The number of hydrogen-bond acceptors (Lipinski definition) is 3. The van der Waals surface area contributed by atoms with Crippen molar-refractivity contribution in [2.24, 2.45) is 0 Å². The lowest BCUT2D eigenvalue weighted by Crippen LogP contribution is -2.15. The van der Waals surface area contributed by atoms with Crippen molar-refractivity contribution in [3.05, 3.63) is 95.6 Å². The van der Waals surface area contributed by atoms with Crippen LogP contribution in [0.2, 0.25) is 0 Å². The molecule has 0 amide bonds. The first-order valence-corrected chi connectivity index (χ1v) is 9.12. The van der Waals surface area contributed by atoms with Crippen molar-refractivity contribution in [1.29, 1.82) is 0 Å². The number of aromatic hydroxyl groups is 1. The number of hydrogen-bond donors (Lipinski definition) is 2. The summed E-state index contributed by atoms with van der Waals surface area (Å²) in [5.74, 6) is 0.714. The van der Waals surface area contributed by atoms with Gasteiger partial charge in [-0.05, 0) is 65.5 Å². The van der Waals surface area contributed by atoms with Gasteiger partial charge >= 0.3 is 0 Å². The average molecular weight is 379 g/mol. The van der Waals surface area contributed by atoms with Gasteiger partial charge in [-0.1, -0.05) is 61.4 Å². The molecule has 2 N–H and O–H groups in total.